The van der Waals surface area contributed by atoms with E-state index >= 15 is 0 Å². The standard InChI is InChI=1S/C22H18ClFN4O4/c23-16-4-1-14(2-5-16)11-28-19(29)12-27(18-6-3-15(10-25)9-17(18)24)20(30)22(28)7-8-26(13-22)21(31)32/h1-6,9H,7-8,11-13H2,(H,31,32)/t22-/m0/s1. The molecule has 0 unspecified atom stereocenters. The molecule has 164 valence electrons. The Morgan fingerprint density at radius 2 is 1.94 bits per heavy atom. The van der Waals surface area contributed by atoms with Crippen molar-refractivity contribution in [2.24, 2.45) is 0 Å². The van der Waals surface area contributed by atoms with Gasteiger partial charge >= 0.3 is 6.09 Å². The minimum atomic E-state index is -1.46. The number of nitriles is 1. The molecule has 4 rings (SSSR count). The second kappa shape index (κ2) is 8.13. The predicted molar refractivity (Wildman–Crippen MR) is 112 cm³/mol. The second-order valence-corrected chi connectivity index (χ2v) is 8.20. The van der Waals surface area contributed by atoms with Gasteiger partial charge in [0.2, 0.25) is 5.91 Å². The summed E-state index contributed by atoms with van der Waals surface area (Å²) in [5, 5.41) is 19.0. The molecule has 0 aromatic heterocycles. The van der Waals surface area contributed by atoms with Crippen molar-refractivity contribution in [3.05, 3.63) is 64.4 Å². The van der Waals surface area contributed by atoms with Crippen LogP contribution in [0, 0.1) is 17.1 Å². The summed E-state index contributed by atoms with van der Waals surface area (Å²) in [7, 11) is 0. The third kappa shape index (κ3) is 3.63. The fourth-order valence-electron chi connectivity index (χ4n) is 4.25. The molecule has 1 N–H and O–H groups in total. The summed E-state index contributed by atoms with van der Waals surface area (Å²) >= 11 is 5.94. The zero-order chi connectivity index (χ0) is 23.0. The Bertz CT molecular complexity index is 1150. The van der Waals surface area contributed by atoms with Crippen LogP contribution in [0.5, 0.6) is 0 Å². The van der Waals surface area contributed by atoms with E-state index in [0.717, 1.165) is 21.4 Å². The van der Waals surface area contributed by atoms with Crippen LogP contribution in [0.15, 0.2) is 42.5 Å². The third-order valence-corrected chi connectivity index (χ3v) is 6.15. The fourth-order valence-corrected chi connectivity index (χ4v) is 4.38. The molecule has 8 nitrogen and oxygen atoms in total. The quantitative estimate of drug-likeness (QED) is 0.764. The van der Waals surface area contributed by atoms with Gasteiger partial charge < -0.3 is 14.9 Å². The maximum Gasteiger partial charge on any atom is 0.407 e. The van der Waals surface area contributed by atoms with Crippen molar-refractivity contribution in [2.75, 3.05) is 24.5 Å². The number of rotatable bonds is 3. The molecule has 10 heteroatoms. The lowest BCUT2D eigenvalue weighted by Crippen LogP contribution is -2.69. The smallest absolute Gasteiger partial charge is 0.407 e. The molecule has 0 bridgehead atoms. The van der Waals surface area contributed by atoms with Crippen molar-refractivity contribution < 1.29 is 23.9 Å². The van der Waals surface area contributed by atoms with Crippen LogP contribution >= 0.6 is 11.6 Å². The summed E-state index contributed by atoms with van der Waals surface area (Å²) in [4.78, 5) is 42.0. The van der Waals surface area contributed by atoms with E-state index < -0.39 is 35.8 Å². The van der Waals surface area contributed by atoms with E-state index in [4.69, 9.17) is 16.9 Å². The highest BCUT2D eigenvalue weighted by atomic mass is 35.5. The van der Waals surface area contributed by atoms with Gasteiger partial charge in [-0.1, -0.05) is 23.7 Å². The number of amides is 3. The number of carbonyl (C=O) groups excluding carboxylic acids is 2. The summed E-state index contributed by atoms with van der Waals surface area (Å²) in [6.07, 6.45) is -1.11. The van der Waals surface area contributed by atoms with Crippen LogP contribution in [0.2, 0.25) is 5.02 Å². The normalized spacial score (nSPS) is 20.7. The van der Waals surface area contributed by atoms with E-state index in [1.807, 2.05) is 6.07 Å². The Morgan fingerprint density at radius 1 is 1.22 bits per heavy atom. The van der Waals surface area contributed by atoms with Crippen LogP contribution in [0.1, 0.15) is 17.5 Å². The number of piperazine rings is 1. The largest absolute Gasteiger partial charge is 0.465 e. The molecule has 0 radical (unpaired) electrons. The summed E-state index contributed by atoms with van der Waals surface area (Å²) in [6.45, 7) is -0.465. The van der Waals surface area contributed by atoms with Crippen molar-refractivity contribution in [1.29, 1.82) is 5.26 Å². The maximum absolute atomic E-state index is 14.7. The second-order valence-electron chi connectivity index (χ2n) is 7.76. The minimum absolute atomic E-state index is 0.0646. The SMILES string of the molecule is N#Cc1ccc(N2CC(=O)N(Cc3ccc(Cl)cc3)[C@]3(CCN(C(=O)O)C3)C2=O)c(F)c1. The predicted octanol–water partition coefficient (Wildman–Crippen LogP) is 2.85. The van der Waals surface area contributed by atoms with Gasteiger partial charge in [-0.2, -0.15) is 5.26 Å². The number of carboxylic acid groups (broad SMARTS) is 1. The van der Waals surface area contributed by atoms with Crippen LogP contribution in [-0.4, -0.2) is 58.0 Å². The van der Waals surface area contributed by atoms with Gasteiger partial charge in [-0.3, -0.25) is 14.5 Å². The number of nitrogens with zero attached hydrogens (tertiary/aromatic N) is 4. The number of halogens is 2. The van der Waals surface area contributed by atoms with Crippen LogP contribution in [0.3, 0.4) is 0 Å². The Morgan fingerprint density at radius 3 is 2.53 bits per heavy atom. The van der Waals surface area contributed by atoms with Crippen molar-refractivity contribution in [3.8, 4) is 6.07 Å². The summed E-state index contributed by atoms with van der Waals surface area (Å²) in [5.41, 5.74) is -0.782. The molecular formula is C22H18ClFN4O4. The molecule has 2 heterocycles. The van der Waals surface area contributed by atoms with Crippen molar-refractivity contribution >= 4 is 35.2 Å². The van der Waals surface area contributed by atoms with Crippen molar-refractivity contribution in [2.45, 2.75) is 18.5 Å². The van der Waals surface area contributed by atoms with Gasteiger partial charge in [0.25, 0.3) is 5.91 Å². The van der Waals surface area contributed by atoms with E-state index in [0.29, 0.717) is 5.02 Å². The minimum Gasteiger partial charge on any atom is -0.465 e. The average molecular weight is 457 g/mol. The summed E-state index contributed by atoms with van der Waals surface area (Å²) < 4.78 is 14.7. The molecular weight excluding hydrogens is 439 g/mol. The van der Waals surface area contributed by atoms with Gasteiger partial charge in [0.1, 0.15) is 17.9 Å². The zero-order valence-electron chi connectivity index (χ0n) is 16.8. The molecule has 32 heavy (non-hydrogen) atoms. The molecule has 2 aromatic rings. The molecule has 0 saturated carbocycles. The highest BCUT2D eigenvalue weighted by molar-refractivity contribution is 6.30. The van der Waals surface area contributed by atoms with E-state index in [2.05, 4.69) is 0 Å². The van der Waals surface area contributed by atoms with Crippen molar-refractivity contribution in [3.63, 3.8) is 0 Å². The van der Waals surface area contributed by atoms with Gasteiger partial charge in [-0.15, -0.1) is 0 Å². The maximum atomic E-state index is 14.7. The number of carbonyl (C=O) groups is 3. The van der Waals surface area contributed by atoms with Gasteiger partial charge in [0.15, 0.2) is 0 Å². The Labute approximate surface area is 188 Å². The fraction of sp³-hybridized carbons (Fsp3) is 0.273. The molecule has 0 aliphatic carbocycles. The first-order chi connectivity index (χ1) is 15.2. The highest BCUT2D eigenvalue weighted by Crippen LogP contribution is 2.37. The van der Waals surface area contributed by atoms with Crippen LogP contribution in [0.25, 0.3) is 0 Å². The molecule has 2 aliphatic rings. The van der Waals surface area contributed by atoms with Gasteiger partial charge in [-0.25, -0.2) is 9.18 Å². The van der Waals surface area contributed by atoms with E-state index in [-0.39, 0.29) is 37.3 Å². The molecule has 3 amide bonds. The number of anilines is 1. The van der Waals surface area contributed by atoms with Gasteiger partial charge in [0, 0.05) is 18.1 Å². The summed E-state index contributed by atoms with van der Waals surface area (Å²) in [5.74, 6) is -1.80. The van der Waals surface area contributed by atoms with Gasteiger partial charge in [-0.05, 0) is 42.3 Å². The highest BCUT2D eigenvalue weighted by Gasteiger charge is 2.57. The topological polar surface area (TPSA) is 105 Å². The first-order valence-corrected chi connectivity index (χ1v) is 10.2. The van der Waals surface area contributed by atoms with E-state index in [9.17, 15) is 23.9 Å². The lowest BCUT2D eigenvalue weighted by Gasteiger charge is -2.47. The molecule has 1 spiro atoms. The number of hydrogen-bond acceptors (Lipinski definition) is 4. The van der Waals surface area contributed by atoms with E-state index in [1.54, 1.807) is 24.3 Å². The Kier molecular flexibility index (Phi) is 5.48. The number of likely N-dealkylation sites (tertiary alicyclic amines) is 1. The zero-order valence-corrected chi connectivity index (χ0v) is 17.5. The van der Waals surface area contributed by atoms with Crippen LogP contribution in [-0.2, 0) is 16.1 Å². The molecule has 2 saturated heterocycles. The number of hydrogen-bond donors (Lipinski definition) is 1. The Balaban J connectivity index is 1.74. The molecule has 2 aliphatic heterocycles. The molecule has 2 fully saturated rings. The third-order valence-electron chi connectivity index (χ3n) is 5.89. The first kappa shape index (κ1) is 21.6. The number of benzene rings is 2. The lowest BCUT2D eigenvalue weighted by atomic mass is 9.90. The molecule has 1 atom stereocenters. The summed E-state index contributed by atoms with van der Waals surface area (Å²) in [6, 6.07) is 12.2. The van der Waals surface area contributed by atoms with Gasteiger partial charge in [0.05, 0.1) is 23.9 Å². The van der Waals surface area contributed by atoms with Crippen LogP contribution in [0.4, 0.5) is 14.9 Å². The first-order valence-electron chi connectivity index (χ1n) is 9.79. The average Bonchev–Trinajstić information content (AvgIpc) is 3.22. The Hall–Kier alpha value is -3.64. The van der Waals surface area contributed by atoms with E-state index in [1.165, 1.54) is 17.0 Å². The lowest BCUT2D eigenvalue weighted by molar-refractivity contribution is -0.151. The van der Waals surface area contributed by atoms with Crippen molar-refractivity contribution in [1.82, 2.24) is 9.80 Å². The van der Waals surface area contributed by atoms with Crippen LogP contribution < -0.4 is 4.90 Å². The molecule has 2 aromatic carbocycles. The monoisotopic (exact) mass is 456 g/mol.